The number of benzene rings is 1. The summed E-state index contributed by atoms with van der Waals surface area (Å²) in [4.78, 5) is 23.8. The normalized spacial score (nSPS) is 12.4. The van der Waals surface area contributed by atoms with Crippen LogP contribution in [0.25, 0.3) is 5.69 Å². The van der Waals surface area contributed by atoms with Crippen LogP contribution in [-0.2, 0) is 23.0 Å². The molecule has 0 saturated heterocycles. The Morgan fingerprint density at radius 3 is 2.35 bits per heavy atom. The highest BCUT2D eigenvalue weighted by Crippen LogP contribution is 2.11. The summed E-state index contributed by atoms with van der Waals surface area (Å²) in [6.07, 6.45) is 2.00. The quantitative estimate of drug-likeness (QED) is 0.843. The van der Waals surface area contributed by atoms with Crippen molar-refractivity contribution in [3.63, 3.8) is 0 Å². The van der Waals surface area contributed by atoms with E-state index in [4.69, 9.17) is 10.5 Å². The molecule has 2 aromatic rings. The molecule has 0 aliphatic carbocycles. The summed E-state index contributed by atoms with van der Waals surface area (Å²) in [6.45, 7) is 5.37. The van der Waals surface area contributed by atoms with Gasteiger partial charge in [-0.3, -0.25) is 14.3 Å². The fraction of sp³-hybridized carbons (Fsp3) is 0.412. The van der Waals surface area contributed by atoms with E-state index in [1.54, 1.807) is 36.3 Å². The van der Waals surface area contributed by atoms with Gasteiger partial charge in [0, 0.05) is 18.8 Å². The Hall–Kier alpha value is -2.34. The van der Waals surface area contributed by atoms with E-state index in [-0.39, 0.29) is 11.7 Å². The molecule has 0 bridgehead atoms. The molecule has 2 N–H and O–H groups in total. The number of nitrogens with zero attached hydrogens (tertiary/aromatic N) is 2. The Kier molecular flexibility index (Phi) is 5.05. The standard InChI is InChI=1S/C17H23N3O3/c1-11(2)23-17(22)15(18)9-13-5-7-14(8-6-13)20-16(21)12(3)10-19(20)4/h5-8,10-11,15H,9,18H2,1-4H3/t15-/m0/s1. The molecule has 1 aromatic heterocycles. The van der Waals surface area contributed by atoms with Gasteiger partial charge >= 0.3 is 5.97 Å². The summed E-state index contributed by atoms with van der Waals surface area (Å²) in [7, 11) is 1.82. The lowest BCUT2D eigenvalue weighted by molar-refractivity contribution is -0.148. The number of aryl methyl sites for hydroxylation is 2. The van der Waals surface area contributed by atoms with Crippen LogP contribution in [0.2, 0.25) is 0 Å². The number of hydrogen-bond donors (Lipinski definition) is 1. The van der Waals surface area contributed by atoms with Gasteiger partial charge in [0.25, 0.3) is 5.56 Å². The van der Waals surface area contributed by atoms with E-state index in [0.29, 0.717) is 12.0 Å². The lowest BCUT2D eigenvalue weighted by Gasteiger charge is -2.14. The number of nitrogens with two attached hydrogens (primary N) is 1. The molecule has 23 heavy (non-hydrogen) atoms. The van der Waals surface area contributed by atoms with Crippen LogP contribution in [0.1, 0.15) is 25.0 Å². The van der Waals surface area contributed by atoms with Gasteiger partial charge in [0.1, 0.15) is 6.04 Å². The third-order valence-electron chi connectivity index (χ3n) is 3.52. The van der Waals surface area contributed by atoms with Gasteiger partial charge in [-0.05, 0) is 44.9 Å². The zero-order valence-corrected chi connectivity index (χ0v) is 13.9. The van der Waals surface area contributed by atoms with E-state index >= 15 is 0 Å². The molecule has 6 nitrogen and oxygen atoms in total. The van der Waals surface area contributed by atoms with E-state index in [1.165, 1.54) is 0 Å². The number of carbonyl (C=O) groups is 1. The van der Waals surface area contributed by atoms with Crippen molar-refractivity contribution in [1.29, 1.82) is 0 Å². The molecular formula is C17H23N3O3. The molecule has 1 aromatic carbocycles. The third kappa shape index (κ3) is 3.90. The number of aromatic nitrogens is 2. The predicted molar refractivity (Wildman–Crippen MR) is 88.7 cm³/mol. The van der Waals surface area contributed by atoms with Crippen LogP contribution < -0.4 is 11.3 Å². The summed E-state index contributed by atoms with van der Waals surface area (Å²) in [6, 6.07) is 6.73. The summed E-state index contributed by atoms with van der Waals surface area (Å²) < 4.78 is 8.44. The minimum atomic E-state index is -0.691. The molecule has 0 aliphatic rings. The maximum absolute atomic E-state index is 12.1. The highest BCUT2D eigenvalue weighted by Gasteiger charge is 2.17. The van der Waals surface area contributed by atoms with E-state index in [1.807, 2.05) is 31.3 Å². The third-order valence-corrected chi connectivity index (χ3v) is 3.52. The van der Waals surface area contributed by atoms with Crippen LogP contribution in [0, 0.1) is 6.92 Å². The minimum Gasteiger partial charge on any atom is -0.462 e. The summed E-state index contributed by atoms with van der Waals surface area (Å²) in [5, 5.41) is 0. The molecule has 0 aliphatic heterocycles. The van der Waals surface area contributed by atoms with Crippen molar-refractivity contribution in [2.45, 2.75) is 39.3 Å². The highest BCUT2D eigenvalue weighted by molar-refractivity contribution is 5.76. The Labute approximate surface area is 135 Å². The Morgan fingerprint density at radius 2 is 1.87 bits per heavy atom. The second kappa shape index (κ2) is 6.83. The topological polar surface area (TPSA) is 79.2 Å². The fourth-order valence-electron chi connectivity index (χ4n) is 2.43. The molecule has 124 valence electrons. The Bertz CT molecular complexity index is 741. The number of carbonyl (C=O) groups excluding carboxylic acids is 1. The lowest BCUT2D eigenvalue weighted by Crippen LogP contribution is -2.35. The number of rotatable bonds is 5. The predicted octanol–water partition coefficient (Wildman–Crippen LogP) is 1.31. The Balaban J connectivity index is 2.14. The van der Waals surface area contributed by atoms with E-state index < -0.39 is 12.0 Å². The van der Waals surface area contributed by atoms with Gasteiger partial charge in [-0.2, -0.15) is 0 Å². The van der Waals surface area contributed by atoms with Crippen molar-refractivity contribution in [2.75, 3.05) is 0 Å². The van der Waals surface area contributed by atoms with Gasteiger partial charge in [-0.15, -0.1) is 0 Å². The monoisotopic (exact) mass is 317 g/mol. The zero-order valence-electron chi connectivity index (χ0n) is 13.9. The molecule has 0 spiro atoms. The molecule has 2 rings (SSSR count). The second-order valence-electron chi connectivity index (χ2n) is 5.97. The molecule has 0 fully saturated rings. The van der Waals surface area contributed by atoms with Crippen LogP contribution in [0.5, 0.6) is 0 Å². The highest BCUT2D eigenvalue weighted by atomic mass is 16.5. The van der Waals surface area contributed by atoms with E-state index in [9.17, 15) is 9.59 Å². The lowest BCUT2D eigenvalue weighted by atomic mass is 10.1. The fourth-order valence-corrected chi connectivity index (χ4v) is 2.43. The molecular weight excluding hydrogens is 294 g/mol. The number of ether oxygens (including phenoxy) is 1. The first-order chi connectivity index (χ1) is 10.8. The Morgan fingerprint density at radius 1 is 1.26 bits per heavy atom. The molecule has 0 unspecified atom stereocenters. The van der Waals surface area contributed by atoms with E-state index in [2.05, 4.69) is 0 Å². The smallest absolute Gasteiger partial charge is 0.323 e. The van der Waals surface area contributed by atoms with Crippen molar-refractivity contribution < 1.29 is 9.53 Å². The largest absolute Gasteiger partial charge is 0.462 e. The van der Waals surface area contributed by atoms with Crippen molar-refractivity contribution >= 4 is 5.97 Å². The van der Waals surface area contributed by atoms with Gasteiger partial charge < -0.3 is 10.5 Å². The zero-order chi connectivity index (χ0) is 17.1. The maximum Gasteiger partial charge on any atom is 0.323 e. The molecule has 1 heterocycles. The van der Waals surface area contributed by atoms with Crippen molar-refractivity contribution in [1.82, 2.24) is 9.36 Å². The second-order valence-corrected chi connectivity index (χ2v) is 5.97. The average molecular weight is 317 g/mol. The molecule has 6 heteroatoms. The molecule has 0 radical (unpaired) electrons. The van der Waals surface area contributed by atoms with Gasteiger partial charge in [0.05, 0.1) is 11.8 Å². The van der Waals surface area contributed by atoms with Crippen LogP contribution in [0.4, 0.5) is 0 Å². The van der Waals surface area contributed by atoms with Crippen LogP contribution in [0.3, 0.4) is 0 Å². The van der Waals surface area contributed by atoms with Gasteiger partial charge in [-0.25, -0.2) is 4.68 Å². The summed E-state index contributed by atoms with van der Waals surface area (Å²) >= 11 is 0. The van der Waals surface area contributed by atoms with Crippen molar-refractivity contribution in [3.8, 4) is 5.69 Å². The first kappa shape index (κ1) is 17.0. The van der Waals surface area contributed by atoms with Crippen LogP contribution >= 0.6 is 0 Å². The first-order valence-corrected chi connectivity index (χ1v) is 7.60. The van der Waals surface area contributed by atoms with Crippen LogP contribution in [0.15, 0.2) is 35.3 Å². The molecule has 0 amide bonds. The van der Waals surface area contributed by atoms with E-state index in [0.717, 1.165) is 11.3 Å². The first-order valence-electron chi connectivity index (χ1n) is 7.60. The average Bonchev–Trinajstić information content (AvgIpc) is 2.72. The SMILES string of the molecule is Cc1cn(C)n(-c2ccc(C[C@H](N)C(=O)OC(C)C)cc2)c1=O. The summed E-state index contributed by atoms with van der Waals surface area (Å²) in [5.41, 5.74) is 8.20. The van der Waals surface area contributed by atoms with Gasteiger partial charge in [0.15, 0.2) is 0 Å². The number of hydrogen-bond acceptors (Lipinski definition) is 4. The molecule has 1 atom stereocenters. The van der Waals surface area contributed by atoms with Gasteiger partial charge in [-0.1, -0.05) is 12.1 Å². The minimum absolute atomic E-state index is 0.0440. The van der Waals surface area contributed by atoms with Crippen molar-refractivity contribution in [2.24, 2.45) is 12.8 Å². The van der Waals surface area contributed by atoms with Gasteiger partial charge in [0.2, 0.25) is 0 Å². The molecule has 0 saturated carbocycles. The number of esters is 1. The summed E-state index contributed by atoms with van der Waals surface area (Å²) in [5.74, 6) is -0.404. The van der Waals surface area contributed by atoms with Crippen molar-refractivity contribution in [3.05, 3.63) is 51.9 Å². The van der Waals surface area contributed by atoms with Crippen LogP contribution in [-0.4, -0.2) is 27.5 Å². The maximum atomic E-state index is 12.1.